The van der Waals surface area contributed by atoms with Crippen LogP contribution < -0.4 is 5.32 Å². The van der Waals surface area contributed by atoms with Gasteiger partial charge in [0, 0.05) is 17.7 Å². The molecule has 1 N–H and O–H groups in total. The standard InChI is InChI=1S/C17H24ClN5/c1-16(2,3)23-14(20-13-7-10-19-15(18)21-13)11-12(22-23)17(4)8-5-6-9-17/h7,10-11H,5-6,8-9H2,1-4H3,(H,19,20,21). The maximum absolute atomic E-state index is 5.89. The zero-order valence-electron chi connectivity index (χ0n) is 14.2. The van der Waals surface area contributed by atoms with Gasteiger partial charge in [-0.05, 0) is 51.3 Å². The molecule has 0 unspecified atom stereocenters. The molecule has 1 saturated carbocycles. The van der Waals surface area contributed by atoms with Crippen molar-refractivity contribution in [2.24, 2.45) is 0 Å². The van der Waals surface area contributed by atoms with Gasteiger partial charge in [0.2, 0.25) is 5.28 Å². The smallest absolute Gasteiger partial charge is 0.224 e. The van der Waals surface area contributed by atoms with Gasteiger partial charge in [0.25, 0.3) is 0 Å². The van der Waals surface area contributed by atoms with Crippen LogP contribution in [0.5, 0.6) is 0 Å². The van der Waals surface area contributed by atoms with E-state index in [0.717, 1.165) is 11.5 Å². The van der Waals surface area contributed by atoms with Crippen molar-refractivity contribution in [3.63, 3.8) is 0 Å². The predicted octanol–water partition coefficient (Wildman–Crippen LogP) is 4.66. The molecule has 1 aliphatic rings. The minimum Gasteiger partial charge on any atom is -0.325 e. The van der Waals surface area contributed by atoms with Gasteiger partial charge in [-0.1, -0.05) is 19.8 Å². The molecule has 0 bridgehead atoms. The largest absolute Gasteiger partial charge is 0.325 e. The molecule has 3 rings (SSSR count). The van der Waals surface area contributed by atoms with Crippen LogP contribution in [-0.4, -0.2) is 19.7 Å². The van der Waals surface area contributed by atoms with E-state index in [0.29, 0.717) is 5.82 Å². The third kappa shape index (κ3) is 3.34. The van der Waals surface area contributed by atoms with Crippen LogP contribution in [0, 0.1) is 0 Å². The molecule has 2 aromatic heterocycles. The third-order valence-electron chi connectivity index (χ3n) is 4.55. The number of anilines is 2. The summed E-state index contributed by atoms with van der Waals surface area (Å²) in [6, 6.07) is 3.97. The molecule has 6 heteroatoms. The Morgan fingerprint density at radius 3 is 2.57 bits per heavy atom. The first-order chi connectivity index (χ1) is 10.8. The molecule has 0 radical (unpaired) electrons. The zero-order valence-corrected chi connectivity index (χ0v) is 15.0. The van der Waals surface area contributed by atoms with Crippen LogP contribution in [0.2, 0.25) is 5.28 Å². The van der Waals surface area contributed by atoms with Crippen molar-refractivity contribution in [2.75, 3.05) is 5.32 Å². The Hall–Kier alpha value is -1.62. The number of nitrogens with one attached hydrogen (secondary N) is 1. The molecule has 0 atom stereocenters. The topological polar surface area (TPSA) is 55.6 Å². The molecule has 0 aliphatic heterocycles. The Morgan fingerprint density at radius 1 is 1.26 bits per heavy atom. The lowest BCUT2D eigenvalue weighted by atomic mass is 9.85. The first kappa shape index (κ1) is 16.2. The third-order valence-corrected chi connectivity index (χ3v) is 4.73. The molecule has 1 aliphatic carbocycles. The van der Waals surface area contributed by atoms with Crippen LogP contribution in [0.4, 0.5) is 11.6 Å². The quantitative estimate of drug-likeness (QED) is 0.830. The number of hydrogen-bond donors (Lipinski definition) is 1. The van der Waals surface area contributed by atoms with Crippen molar-refractivity contribution in [1.82, 2.24) is 19.7 Å². The van der Waals surface area contributed by atoms with Gasteiger partial charge >= 0.3 is 0 Å². The molecular weight excluding hydrogens is 310 g/mol. The Bertz CT molecular complexity index is 695. The molecule has 124 valence electrons. The SMILES string of the molecule is CC1(c2cc(Nc3ccnc(Cl)n3)n(C(C)(C)C)n2)CCCC1. The summed E-state index contributed by atoms with van der Waals surface area (Å²) < 4.78 is 2.04. The highest BCUT2D eigenvalue weighted by Crippen LogP contribution is 2.41. The number of hydrogen-bond acceptors (Lipinski definition) is 4. The number of halogens is 1. The molecule has 2 aromatic rings. The minimum atomic E-state index is -0.119. The summed E-state index contributed by atoms with van der Waals surface area (Å²) in [5.41, 5.74) is 1.22. The van der Waals surface area contributed by atoms with E-state index < -0.39 is 0 Å². The predicted molar refractivity (Wildman–Crippen MR) is 93.4 cm³/mol. The Labute approximate surface area is 142 Å². The molecule has 2 heterocycles. The summed E-state index contributed by atoms with van der Waals surface area (Å²) in [4.78, 5) is 8.14. The van der Waals surface area contributed by atoms with Gasteiger partial charge in [0.1, 0.15) is 11.6 Å². The van der Waals surface area contributed by atoms with Gasteiger partial charge in [-0.3, -0.25) is 0 Å². The average molecular weight is 334 g/mol. The Balaban J connectivity index is 1.99. The highest BCUT2D eigenvalue weighted by molar-refractivity contribution is 6.28. The maximum atomic E-state index is 5.89. The fraction of sp³-hybridized carbons (Fsp3) is 0.588. The summed E-state index contributed by atoms with van der Waals surface area (Å²) in [6.45, 7) is 8.78. The molecule has 5 nitrogen and oxygen atoms in total. The van der Waals surface area contributed by atoms with Crippen molar-refractivity contribution < 1.29 is 0 Å². The fourth-order valence-electron chi connectivity index (χ4n) is 3.22. The molecular formula is C17H24ClN5. The van der Waals surface area contributed by atoms with E-state index in [-0.39, 0.29) is 16.2 Å². The van der Waals surface area contributed by atoms with Crippen molar-refractivity contribution in [2.45, 2.75) is 64.3 Å². The Kier molecular flexibility index (Phi) is 4.08. The highest BCUT2D eigenvalue weighted by atomic mass is 35.5. The van der Waals surface area contributed by atoms with Gasteiger partial charge < -0.3 is 5.32 Å². The first-order valence-corrected chi connectivity index (χ1v) is 8.52. The van der Waals surface area contributed by atoms with E-state index in [4.69, 9.17) is 16.7 Å². The molecule has 0 spiro atoms. The summed E-state index contributed by atoms with van der Waals surface area (Å²) in [5.74, 6) is 1.62. The van der Waals surface area contributed by atoms with E-state index in [1.165, 1.54) is 25.7 Å². The van der Waals surface area contributed by atoms with Crippen LogP contribution in [0.15, 0.2) is 18.3 Å². The normalized spacial score (nSPS) is 17.4. The molecule has 0 amide bonds. The second kappa shape index (κ2) is 5.78. The highest BCUT2D eigenvalue weighted by Gasteiger charge is 2.34. The van der Waals surface area contributed by atoms with E-state index in [1.807, 2.05) is 10.7 Å². The molecule has 0 saturated heterocycles. The lowest BCUT2D eigenvalue weighted by molar-refractivity contribution is 0.349. The van der Waals surface area contributed by atoms with E-state index in [2.05, 4.69) is 49.0 Å². The average Bonchev–Trinajstić information content (AvgIpc) is 3.06. The van der Waals surface area contributed by atoms with E-state index >= 15 is 0 Å². The number of nitrogens with zero attached hydrogens (tertiary/aromatic N) is 4. The van der Waals surface area contributed by atoms with Crippen molar-refractivity contribution in [3.05, 3.63) is 29.3 Å². The van der Waals surface area contributed by atoms with Gasteiger partial charge in [0.15, 0.2) is 0 Å². The lowest BCUT2D eigenvalue weighted by Gasteiger charge is -2.24. The van der Waals surface area contributed by atoms with Crippen LogP contribution in [0.1, 0.15) is 59.1 Å². The zero-order chi connectivity index (χ0) is 16.7. The monoisotopic (exact) mass is 333 g/mol. The molecule has 23 heavy (non-hydrogen) atoms. The summed E-state index contributed by atoms with van der Waals surface area (Å²) >= 11 is 5.89. The molecule has 1 fully saturated rings. The first-order valence-electron chi connectivity index (χ1n) is 8.15. The van der Waals surface area contributed by atoms with Gasteiger partial charge in [-0.15, -0.1) is 0 Å². The summed E-state index contributed by atoms with van der Waals surface area (Å²) in [7, 11) is 0. The van der Waals surface area contributed by atoms with Crippen molar-refractivity contribution in [1.29, 1.82) is 0 Å². The second-order valence-corrected chi connectivity index (χ2v) is 7.94. The van der Waals surface area contributed by atoms with Crippen LogP contribution in [-0.2, 0) is 11.0 Å². The van der Waals surface area contributed by atoms with Gasteiger partial charge in [0.05, 0.1) is 11.2 Å². The number of rotatable bonds is 3. The summed E-state index contributed by atoms with van der Waals surface area (Å²) in [6.07, 6.45) is 6.61. The van der Waals surface area contributed by atoms with Crippen LogP contribution >= 0.6 is 11.6 Å². The fourth-order valence-corrected chi connectivity index (χ4v) is 3.37. The Morgan fingerprint density at radius 2 is 1.96 bits per heavy atom. The summed E-state index contributed by atoms with van der Waals surface area (Å²) in [5, 5.41) is 8.51. The van der Waals surface area contributed by atoms with Crippen LogP contribution in [0.3, 0.4) is 0 Å². The van der Waals surface area contributed by atoms with E-state index in [9.17, 15) is 0 Å². The van der Waals surface area contributed by atoms with E-state index in [1.54, 1.807) is 6.20 Å². The second-order valence-electron chi connectivity index (χ2n) is 7.60. The van der Waals surface area contributed by atoms with Crippen LogP contribution in [0.25, 0.3) is 0 Å². The molecule has 0 aromatic carbocycles. The van der Waals surface area contributed by atoms with Crippen molar-refractivity contribution >= 4 is 23.2 Å². The van der Waals surface area contributed by atoms with Gasteiger partial charge in [-0.2, -0.15) is 5.10 Å². The minimum absolute atomic E-state index is 0.119. The maximum Gasteiger partial charge on any atom is 0.224 e. The van der Waals surface area contributed by atoms with Crippen molar-refractivity contribution in [3.8, 4) is 0 Å². The lowest BCUT2D eigenvalue weighted by Crippen LogP contribution is -2.26. The number of aromatic nitrogens is 4. The van der Waals surface area contributed by atoms with Gasteiger partial charge in [-0.25, -0.2) is 14.6 Å².